The molecule has 1 N–H and O–H groups in total. The molecule has 8 nitrogen and oxygen atoms in total. The van der Waals surface area contributed by atoms with Crippen LogP contribution in [0.1, 0.15) is 32.6 Å². The first-order chi connectivity index (χ1) is 13.6. The Bertz CT molecular complexity index is 1010. The fraction of sp³-hybridized carbons (Fsp3) is 0.556. The van der Waals surface area contributed by atoms with Gasteiger partial charge in [-0.25, -0.2) is 23.1 Å². The first kappa shape index (κ1) is 22.4. The van der Waals surface area contributed by atoms with Crippen molar-refractivity contribution in [3.8, 4) is 0 Å². The maximum Gasteiger partial charge on any atom is 0.264 e. The van der Waals surface area contributed by atoms with Crippen molar-refractivity contribution in [3.63, 3.8) is 0 Å². The molecule has 0 spiro atoms. The number of fused-ring (bicyclic) bond motifs is 1. The van der Waals surface area contributed by atoms with Gasteiger partial charge in [0, 0.05) is 35.6 Å². The summed E-state index contributed by atoms with van der Waals surface area (Å²) in [7, 11) is -3.78. The lowest BCUT2D eigenvalue weighted by molar-refractivity contribution is -0.201. The van der Waals surface area contributed by atoms with E-state index in [1.807, 2.05) is 22.6 Å². The zero-order valence-electron chi connectivity index (χ0n) is 16.2. The number of benzene rings is 1. The Hall–Kier alpha value is -1.31. The Morgan fingerprint density at radius 1 is 1.48 bits per heavy atom. The minimum Gasteiger partial charge on any atom is -0.350 e. The topological polar surface area (TPSA) is 99.5 Å². The van der Waals surface area contributed by atoms with Crippen molar-refractivity contribution in [3.05, 3.63) is 27.7 Å². The fourth-order valence-corrected chi connectivity index (χ4v) is 4.33. The van der Waals surface area contributed by atoms with E-state index in [2.05, 4.69) is 10.6 Å². The normalized spacial score (nSPS) is 19.8. The Morgan fingerprint density at radius 2 is 2.24 bits per heavy atom. The Kier molecular flexibility index (Phi) is 6.81. The van der Waals surface area contributed by atoms with E-state index in [1.165, 1.54) is 17.8 Å². The van der Waals surface area contributed by atoms with Crippen molar-refractivity contribution in [2.75, 3.05) is 12.9 Å². The summed E-state index contributed by atoms with van der Waals surface area (Å²) in [5, 5.41) is 4.62. The van der Waals surface area contributed by atoms with Gasteiger partial charge < -0.3 is 4.74 Å². The molecule has 1 fully saturated rings. The second-order valence-corrected chi connectivity index (χ2v) is 10.9. The van der Waals surface area contributed by atoms with Gasteiger partial charge in [-0.15, -0.1) is 0 Å². The van der Waals surface area contributed by atoms with Crippen LogP contribution in [0.3, 0.4) is 0 Å². The molecule has 160 valence electrons. The predicted octanol–water partition coefficient (Wildman–Crippen LogP) is 2.55. The van der Waals surface area contributed by atoms with Gasteiger partial charge in [-0.05, 0) is 60.9 Å². The minimum atomic E-state index is -3.78. The third kappa shape index (κ3) is 4.89. The molecule has 1 saturated heterocycles. The van der Waals surface area contributed by atoms with Gasteiger partial charge >= 0.3 is 0 Å². The number of hydrogen-bond donors (Lipinski definition) is 1. The lowest BCUT2D eigenvalue weighted by Gasteiger charge is -2.28. The third-order valence-corrected chi connectivity index (χ3v) is 8.02. The molecule has 11 heteroatoms. The average molecular weight is 539 g/mol. The minimum absolute atomic E-state index is 0.0563. The van der Waals surface area contributed by atoms with E-state index < -0.39 is 26.8 Å². The zero-order chi connectivity index (χ0) is 21.2. The first-order valence-electron chi connectivity index (χ1n) is 9.20. The second-order valence-electron chi connectivity index (χ2n) is 7.28. The van der Waals surface area contributed by atoms with Crippen molar-refractivity contribution in [2.24, 2.45) is 0 Å². The van der Waals surface area contributed by atoms with Crippen LogP contribution in [0.4, 0.5) is 4.39 Å². The highest BCUT2D eigenvalue weighted by atomic mass is 127. The molecule has 1 aromatic carbocycles. The molecule has 1 aliphatic rings. The number of nitrogens with one attached hydrogen (secondary N) is 1. The zero-order valence-corrected chi connectivity index (χ0v) is 19.1. The molecule has 3 rings (SSSR count). The van der Waals surface area contributed by atoms with Gasteiger partial charge in [-0.3, -0.25) is 9.48 Å². The average Bonchev–Trinajstić information content (AvgIpc) is 3.11. The first-order valence-corrected chi connectivity index (χ1v) is 12.2. The number of carbonyl (C=O) groups is 1. The number of sulfone groups is 1. The standard InChI is InChI=1S/C18H23FIN3O5S/c1-18(29(2,25)26,17(24)22-28-15-5-3-4-10-27-15)8-9-23-11-12-14(21-23)7-6-13(20)16(12)19/h6-7,11,15H,3-5,8-10H2,1-2H3,(H,22,24)/t15?,18-/m0/s1. The van der Waals surface area contributed by atoms with Gasteiger partial charge in [0.25, 0.3) is 5.91 Å². The molecule has 1 aliphatic heterocycles. The molecule has 2 aromatic rings. The molecule has 1 unspecified atom stereocenters. The van der Waals surface area contributed by atoms with Crippen LogP contribution in [0.25, 0.3) is 10.9 Å². The van der Waals surface area contributed by atoms with Crippen LogP contribution >= 0.6 is 22.6 Å². The number of hydroxylamine groups is 1. The van der Waals surface area contributed by atoms with E-state index in [0.29, 0.717) is 27.5 Å². The van der Waals surface area contributed by atoms with Gasteiger partial charge in [0.1, 0.15) is 5.82 Å². The lowest BCUT2D eigenvalue weighted by Crippen LogP contribution is -2.51. The predicted molar refractivity (Wildman–Crippen MR) is 113 cm³/mol. The van der Waals surface area contributed by atoms with Gasteiger partial charge in [0.05, 0.1) is 10.9 Å². The van der Waals surface area contributed by atoms with Gasteiger partial charge in [0.15, 0.2) is 20.9 Å². The monoisotopic (exact) mass is 539 g/mol. The highest BCUT2D eigenvalue weighted by Crippen LogP contribution is 2.25. The molecule has 0 aliphatic carbocycles. The van der Waals surface area contributed by atoms with E-state index in [-0.39, 0.29) is 18.8 Å². The highest BCUT2D eigenvalue weighted by molar-refractivity contribution is 14.1. The maximum absolute atomic E-state index is 14.2. The summed E-state index contributed by atoms with van der Waals surface area (Å²) in [4.78, 5) is 17.9. The molecule has 2 atom stereocenters. The van der Waals surface area contributed by atoms with Crippen LogP contribution in [-0.2, 0) is 30.8 Å². The molecule has 1 amide bonds. The maximum atomic E-state index is 14.2. The van der Waals surface area contributed by atoms with E-state index in [1.54, 1.807) is 12.1 Å². The number of ether oxygens (including phenoxy) is 1. The lowest BCUT2D eigenvalue weighted by atomic mass is 10.1. The van der Waals surface area contributed by atoms with Crippen molar-refractivity contribution >= 4 is 49.2 Å². The molecule has 0 saturated carbocycles. The molecular formula is C18H23FIN3O5S. The molecular weight excluding hydrogens is 516 g/mol. The second kappa shape index (κ2) is 8.82. The number of amides is 1. The van der Waals surface area contributed by atoms with E-state index >= 15 is 0 Å². The Morgan fingerprint density at radius 3 is 2.90 bits per heavy atom. The summed E-state index contributed by atoms with van der Waals surface area (Å²) in [5.41, 5.74) is 2.71. The largest absolute Gasteiger partial charge is 0.350 e. The van der Waals surface area contributed by atoms with Crippen molar-refractivity contribution < 1.29 is 27.2 Å². The van der Waals surface area contributed by atoms with Crippen LogP contribution in [-0.4, -0.2) is 48.0 Å². The molecule has 0 bridgehead atoms. The number of aromatic nitrogens is 2. The smallest absolute Gasteiger partial charge is 0.264 e. The van der Waals surface area contributed by atoms with Crippen molar-refractivity contribution in [2.45, 2.75) is 50.2 Å². The highest BCUT2D eigenvalue weighted by Gasteiger charge is 2.44. The molecule has 0 radical (unpaired) electrons. The summed E-state index contributed by atoms with van der Waals surface area (Å²) < 4.78 is 44.6. The Labute approximate surface area is 182 Å². The van der Waals surface area contributed by atoms with Gasteiger partial charge in [-0.2, -0.15) is 5.10 Å². The van der Waals surface area contributed by atoms with E-state index in [9.17, 15) is 17.6 Å². The van der Waals surface area contributed by atoms with Gasteiger partial charge in [0.2, 0.25) is 0 Å². The SMILES string of the molecule is C[C@](CCn1cc2c(F)c(I)ccc2n1)(C(=O)NOC1CCCCO1)S(C)(=O)=O. The van der Waals surface area contributed by atoms with Crippen LogP contribution in [0.2, 0.25) is 0 Å². The van der Waals surface area contributed by atoms with Crippen molar-refractivity contribution in [1.29, 1.82) is 0 Å². The summed E-state index contributed by atoms with van der Waals surface area (Å²) in [6.07, 6.45) is 4.34. The van der Waals surface area contributed by atoms with Crippen LogP contribution in [0.15, 0.2) is 18.3 Å². The number of carbonyl (C=O) groups excluding carboxylic acids is 1. The third-order valence-electron chi connectivity index (χ3n) is 5.16. The number of aryl methyl sites for hydroxylation is 1. The van der Waals surface area contributed by atoms with Gasteiger partial charge in [-0.1, -0.05) is 0 Å². The quantitative estimate of drug-likeness (QED) is 0.429. The summed E-state index contributed by atoms with van der Waals surface area (Å²) >= 11 is 1.89. The van der Waals surface area contributed by atoms with Crippen molar-refractivity contribution in [1.82, 2.24) is 15.3 Å². The van der Waals surface area contributed by atoms with Crippen LogP contribution in [0.5, 0.6) is 0 Å². The Balaban J connectivity index is 1.73. The number of halogens is 2. The summed E-state index contributed by atoms with van der Waals surface area (Å²) in [6, 6.07) is 3.31. The molecule has 1 aromatic heterocycles. The molecule has 29 heavy (non-hydrogen) atoms. The number of nitrogens with zero attached hydrogens (tertiary/aromatic N) is 2. The number of rotatable bonds is 7. The molecule has 2 heterocycles. The van der Waals surface area contributed by atoms with Crippen LogP contribution < -0.4 is 5.48 Å². The van der Waals surface area contributed by atoms with Crippen LogP contribution in [0, 0.1) is 9.39 Å². The van der Waals surface area contributed by atoms with E-state index in [4.69, 9.17) is 9.57 Å². The van der Waals surface area contributed by atoms with E-state index in [0.717, 1.165) is 19.1 Å². The number of hydrogen-bond acceptors (Lipinski definition) is 6. The summed E-state index contributed by atoms with van der Waals surface area (Å²) in [5.74, 6) is -1.15. The summed E-state index contributed by atoms with van der Waals surface area (Å²) in [6.45, 7) is 1.99. The fourth-order valence-electron chi connectivity index (χ4n) is 3.02.